The molecule has 1 saturated carbocycles. The van der Waals surface area contributed by atoms with Gasteiger partial charge in [0.05, 0.1) is 11.7 Å². The molecule has 0 amide bonds. The lowest BCUT2D eigenvalue weighted by molar-refractivity contribution is -0.0706. The Kier molecular flexibility index (Phi) is 5.05. The van der Waals surface area contributed by atoms with Crippen molar-refractivity contribution in [3.63, 3.8) is 0 Å². The SMILES string of the molecule is CC(CN)CN(C)CC1CCC2(CCCCC2)O1. The maximum Gasteiger partial charge on any atom is 0.0710 e. The highest BCUT2D eigenvalue weighted by molar-refractivity contribution is 4.91. The Morgan fingerprint density at radius 1 is 1.28 bits per heavy atom. The van der Waals surface area contributed by atoms with E-state index in [9.17, 15) is 0 Å². The van der Waals surface area contributed by atoms with Gasteiger partial charge in [-0.05, 0) is 45.2 Å². The van der Waals surface area contributed by atoms with Gasteiger partial charge in [0.25, 0.3) is 0 Å². The van der Waals surface area contributed by atoms with Gasteiger partial charge in [-0.25, -0.2) is 0 Å². The van der Waals surface area contributed by atoms with Gasteiger partial charge in [-0.15, -0.1) is 0 Å². The first-order chi connectivity index (χ1) is 8.63. The summed E-state index contributed by atoms with van der Waals surface area (Å²) in [6, 6.07) is 0. The molecule has 0 aromatic carbocycles. The molecular formula is C15H30N2O. The molecule has 106 valence electrons. The molecule has 3 nitrogen and oxygen atoms in total. The Hall–Kier alpha value is -0.120. The van der Waals surface area contributed by atoms with Crippen LogP contribution in [0.25, 0.3) is 0 Å². The van der Waals surface area contributed by atoms with E-state index in [0.717, 1.165) is 19.6 Å². The normalized spacial score (nSPS) is 29.0. The average molecular weight is 254 g/mol. The zero-order valence-corrected chi connectivity index (χ0v) is 12.2. The van der Waals surface area contributed by atoms with E-state index in [4.69, 9.17) is 10.5 Å². The van der Waals surface area contributed by atoms with Crippen LogP contribution < -0.4 is 5.73 Å². The van der Waals surface area contributed by atoms with Gasteiger partial charge in [0.1, 0.15) is 0 Å². The van der Waals surface area contributed by atoms with Crippen molar-refractivity contribution in [3.8, 4) is 0 Å². The van der Waals surface area contributed by atoms with E-state index in [1.165, 1.54) is 44.9 Å². The van der Waals surface area contributed by atoms with Gasteiger partial charge in [-0.2, -0.15) is 0 Å². The zero-order valence-electron chi connectivity index (χ0n) is 12.2. The minimum Gasteiger partial charge on any atom is -0.370 e. The summed E-state index contributed by atoms with van der Waals surface area (Å²) < 4.78 is 6.40. The third-order valence-corrected chi connectivity index (χ3v) is 4.64. The Labute approximate surface area is 112 Å². The minimum absolute atomic E-state index is 0.267. The summed E-state index contributed by atoms with van der Waals surface area (Å²) in [6.45, 7) is 5.16. The largest absolute Gasteiger partial charge is 0.370 e. The molecule has 1 heterocycles. The third-order valence-electron chi connectivity index (χ3n) is 4.64. The van der Waals surface area contributed by atoms with E-state index < -0.39 is 0 Å². The number of hydrogen-bond donors (Lipinski definition) is 1. The fraction of sp³-hybridized carbons (Fsp3) is 1.00. The Bertz CT molecular complexity index is 251. The maximum absolute atomic E-state index is 6.40. The van der Waals surface area contributed by atoms with Gasteiger partial charge in [0.15, 0.2) is 0 Å². The van der Waals surface area contributed by atoms with E-state index in [-0.39, 0.29) is 5.60 Å². The summed E-state index contributed by atoms with van der Waals surface area (Å²) in [6.07, 6.45) is 9.74. The topological polar surface area (TPSA) is 38.5 Å². The highest BCUT2D eigenvalue weighted by atomic mass is 16.5. The first-order valence-electron chi connectivity index (χ1n) is 7.70. The quantitative estimate of drug-likeness (QED) is 0.819. The van der Waals surface area contributed by atoms with Crippen LogP contribution in [0.1, 0.15) is 51.9 Å². The maximum atomic E-state index is 6.40. The fourth-order valence-corrected chi connectivity index (χ4v) is 3.62. The van der Waals surface area contributed by atoms with Crippen LogP contribution in [0, 0.1) is 5.92 Å². The average Bonchev–Trinajstić information content (AvgIpc) is 2.72. The molecule has 2 atom stereocenters. The number of rotatable bonds is 5. The van der Waals surface area contributed by atoms with Crippen LogP contribution in [0.4, 0.5) is 0 Å². The number of nitrogens with zero attached hydrogens (tertiary/aromatic N) is 1. The highest BCUT2D eigenvalue weighted by Gasteiger charge is 2.40. The summed E-state index contributed by atoms with van der Waals surface area (Å²) in [5.41, 5.74) is 5.95. The fourth-order valence-electron chi connectivity index (χ4n) is 3.62. The zero-order chi connectivity index (χ0) is 13.0. The molecule has 2 aliphatic rings. The predicted octanol–water partition coefficient (Wildman–Crippen LogP) is 2.39. The Balaban J connectivity index is 1.75. The van der Waals surface area contributed by atoms with Crippen LogP contribution in [0.5, 0.6) is 0 Å². The van der Waals surface area contributed by atoms with E-state index in [2.05, 4.69) is 18.9 Å². The second-order valence-corrected chi connectivity index (χ2v) is 6.58. The molecule has 0 bridgehead atoms. The van der Waals surface area contributed by atoms with Crippen molar-refractivity contribution in [2.45, 2.75) is 63.6 Å². The molecule has 1 spiro atoms. The molecule has 1 aliphatic carbocycles. The van der Waals surface area contributed by atoms with Crippen LogP contribution in [-0.4, -0.2) is 43.3 Å². The lowest BCUT2D eigenvalue weighted by atomic mass is 9.83. The molecule has 0 radical (unpaired) electrons. The van der Waals surface area contributed by atoms with Crippen molar-refractivity contribution in [1.82, 2.24) is 4.90 Å². The smallest absolute Gasteiger partial charge is 0.0710 e. The first-order valence-corrected chi connectivity index (χ1v) is 7.70. The molecule has 1 aliphatic heterocycles. The standard InChI is InChI=1S/C15H30N2O/c1-13(10-16)11-17(2)12-14-6-9-15(18-14)7-4-3-5-8-15/h13-14H,3-12,16H2,1-2H3. The van der Waals surface area contributed by atoms with Gasteiger partial charge in [-0.1, -0.05) is 26.2 Å². The van der Waals surface area contributed by atoms with Crippen LogP contribution in [0.2, 0.25) is 0 Å². The number of ether oxygens (including phenoxy) is 1. The minimum atomic E-state index is 0.267. The second-order valence-electron chi connectivity index (χ2n) is 6.58. The number of nitrogens with two attached hydrogens (primary N) is 1. The van der Waals surface area contributed by atoms with Crippen LogP contribution in [0.15, 0.2) is 0 Å². The van der Waals surface area contributed by atoms with Gasteiger partial charge < -0.3 is 15.4 Å². The summed E-state index contributed by atoms with van der Waals surface area (Å²) in [5.74, 6) is 0.583. The van der Waals surface area contributed by atoms with Gasteiger partial charge in [-0.3, -0.25) is 0 Å². The predicted molar refractivity (Wildman–Crippen MR) is 75.6 cm³/mol. The molecule has 1 saturated heterocycles. The van der Waals surface area contributed by atoms with E-state index in [1.54, 1.807) is 0 Å². The van der Waals surface area contributed by atoms with E-state index in [0.29, 0.717) is 12.0 Å². The first kappa shape index (κ1) is 14.3. The summed E-state index contributed by atoms with van der Waals surface area (Å²) >= 11 is 0. The third kappa shape index (κ3) is 3.69. The molecule has 3 heteroatoms. The van der Waals surface area contributed by atoms with Crippen molar-refractivity contribution in [1.29, 1.82) is 0 Å². The Morgan fingerprint density at radius 2 is 2.00 bits per heavy atom. The molecule has 0 aromatic heterocycles. The van der Waals surface area contributed by atoms with Crippen LogP contribution in [-0.2, 0) is 4.74 Å². The van der Waals surface area contributed by atoms with Crippen LogP contribution >= 0.6 is 0 Å². The van der Waals surface area contributed by atoms with Crippen molar-refractivity contribution >= 4 is 0 Å². The Morgan fingerprint density at radius 3 is 2.67 bits per heavy atom. The van der Waals surface area contributed by atoms with E-state index >= 15 is 0 Å². The lowest BCUT2D eigenvalue weighted by Gasteiger charge is -2.34. The molecule has 2 rings (SSSR count). The summed E-state index contributed by atoms with van der Waals surface area (Å²) in [4.78, 5) is 2.39. The van der Waals surface area contributed by atoms with Crippen molar-refractivity contribution < 1.29 is 4.74 Å². The van der Waals surface area contributed by atoms with Crippen molar-refractivity contribution in [2.24, 2.45) is 11.7 Å². The van der Waals surface area contributed by atoms with Crippen molar-refractivity contribution in [3.05, 3.63) is 0 Å². The van der Waals surface area contributed by atoms with Gasteiger partial charge >= 0.3 is 0 Å². The molecule has 2 unspecified atom stereocenters. The highest BCUT2D eigenvalue weighted by Crippen LogP contribution is 2.41. The number of likely N-dealkylation sites (N-methyl/N-ethyl adjacent to an activating group) is 1. The molecule has 0 aromatic rings. The van der Waals surface area contributed by atoms with Crippen molar-refractivity contribution in [2.75, 3.05) is 26.7 Å². The monoisotopic (exact) mass is 254 g/mol. The molecule has 18 heavy (non-hydrogen) atoms. The molecular weight excluding hydrogens is 224 g/mol. The molecule has 2 fully saturated rings. The van der Waals surface area contributed by atoms with E-state index in [1.807, 2.05) is 0 Å². The molecule has 2 N–H and O–H groups in total. The van der Waals surface area contributed by atoms with Gasteiger partial charge in [0.2, 0.25) is 0 Å². The van der Waals surface area contributed by atoms with Gasteiger partial charge in [0, 0.05) is 13.1 Å². The second kappa shape index (κ2) is 6.36. The van der Waals surface area contributed by atoms with Crippen LogP contribution in [0.3, 0.4) is 0 Å². The lowest BCUT2D eigenvalue weighted by Crippen LogP contribution is -2.37. The summed E-state index contributed by atoms with van der Waals surface area (Å²) in [7, 11) is 2.20. The summed E-state index contributed by atoms with van der Waals surface area (Å²) in [5, 5.41) is 0. The number of hydrogen-bond acceptors (Lipinski definition) is 3.